The van der Waals surface area contributed by atoms with E-state index < -0.39 is 0 Å². The van der Waals surface area contributed by atoms with Crippen LogP contribution in [0.1, 0.15) is 34.1 Å². The van der Waals surface area contributed by atoms with E-state index in [9.17, 15) is 0 Å². The molecule has 0 amide bonds. The molecule has 0 aromatic heterocycles. The largest absolute Gasteiger partial charge is 0.292 e. The van der Waals surface area contributed by atoms with Gasteiger partial charge in [-0.25, -0.2) is 0 Å². The third kappa shape index (κ3) is 2.70. The van der Waals surface area contributed by atoms with Crippen LogP contribution in [-0.2, 0) is 0 Å². The summed E-state index contributed by atoms with van der Waals surface area (Å²) in [6.07, 6.45) is 9.99. The van der Waals surface area contributed by atoms with Crippen molar-refractivity contribution in [2.24, 2.45) is 0 Å². The van der Waals surface area contributed by atoms with E-state index in [4.69, 9.17) is 0 Å². The molecule has 0 radical (unpaired) electrons. The van der Waals surface area contributed by atoms with Crippen LogP contribution in [0.15, 0.2) is 24.3 Å². The summed E-state index contributed by atoms with van der Waals surface area (Å²) < 4.78 is 0. The number of rotatable bonds is 2. The zero-order valence-electron chi connectivity index (χ0n) is 9.25. The van der Waals surface area contributed by atoms with Crippen LogP contribution < -0.4 is 0 Å². The fraction of sp³-hybridized carbons (Fsp3) is 0.667. The fourth-order valence-electron chi connectivity index (χ4n) is 2.00. The molecule has 0 heterocycles. The molecule has 74 valence electrons. The summed E-state index contributed by atoms with van der Waals surface area (Å²) in [7, 11) is 0. The molecule has 1 nitrogen and oxygen atoms in total. The molecule has 0 saturated carbocycles. The summed E-state index contributed by atoms with van der Waals surface area (Å²) in [6.45, 7) is 10.2. The predicted molar refractivity (Wildman–Crippen MR) is 58.8 cm³/mol. The van der Waals surface area contributed by atoms with Crippen molar-refractivity contribution in [2.75, 3.05) is 6.54 Å². The highest BCUT2D eigenvalue weighted by molar-refractivity contribution is 5.14. The Hall–Kier alpha value is -0.560. The number of nitrogens with zero attached hydrogens (tertiary/aromatic N) is 1. The van der Waals surface area contributed by atoms with E-state index >= 15 is 0 Å². The molecule has 1 rings (SSSR count). The van der Waals surface area contributed by atoms with Crippen LogP contribution in [-0.4, -0.2) is 23.0 Å². The standard InChI is InChI=1S/C12H21N/c1-5-13(12(2,3)4)11-9-7-6-8-10-11/h6-9,11H,5,10H2,1-4H3. The molecule has 0 aliphatic heterocycles. The van der Waals surface area contributed by atoms with Gasteiger partial charge in [-0.2, -0.15) is 0 Å². The van der Waals surface area contributed by atoms with Crippen LogP contribution in [0.25, 0.3) is 0 Å². The van der Waals surface area contributed by atoms with Gasteiger partial charge in [-0.3, -0.25) is 4.90 Å². The molecule has 1 atom stereocenters. The van der Waals surface area contributed by atoms with Crippen molar-refractivity contribution in [3.05, 3.63) is 24.3 Å². The average Bonchev–Trinajstić information content (AvgIpc) is 2.05. The highest BCUT2D eigenvalue weighted by Crippen LogP contribution is 2.21. The maximum Gasteiger partial charge on any atom is 0.0320 e. The van der Waals surface area contributed by atoms with Gasteiger partial charge in [-0.05, 0) is 33.7 Å². The second-order valence-corrected chi connectivity index (χ2v) is 4.57. The lowest BCUT2D eigenvalue weighted by Crippen LogP contribution is -2.47. The number of allylic oxidation sites excluding steroid dienone is 2. The van der Waals surface area contributed by atoms with Gasteiger partial charge < -0.3 is 0 Å². The molecule has 0 aromatic carbocycles. The zero-order chi connectivity index (χ0) is 9.90. The van der Waals surface area contributed by atoms with Gasteiger partial charge in [0.25, 0.3) is 0 Å². The van der Waals surface area contributed by atoms with Gasteiger partial charge in [-0.15, -0.1) is 0 Å². The minimum absolute atomic E-state index is 0.273. The first kappa shape index (κ1) is 10.5. The Bertz CT molecular complexity index is 208. The van der Waals surface area contributed by atoms with E-state index in [1.165, 1.54) is 0 Å². The number of likely N-dealkylation sites (N-methyl/N-ethyl adjacent to an activating group) is 1. The summed E-state index contributed by atoms with van der Waals surface area (Å²) in [5.74, 6) is 0. The third-order valence-electron chi connectivity index (χ3n) is 2.56. The minimum atomic E-state index is 0.273. The summed E-state index contributed by atoms with van der Waals surface area (Å²) in [6, 6.07) is 0.593. The molecule has 1 aliphatic rings. The van der Waals surface area contributed by atoms with Crippen molar-refractivity contribution in [2.45, 2.75) is 45.7 Å². The van der Waals surface area contributed by atoms with Crippen molar-refractivity contribution in [3.63, 3.8) is 0 Å². The van der Waals surface area contributed by atoms with Gasteiger partial charge in [0.2, 0.25) is 0 Å². The van der Waals surface area contributed by atoms with Crippen molar-refractivity contribution in [1.82, 2.24) is 4.90 Å². The highest BCUT2D eigenvalue weighted by atomic mass is 15.2. The van der Waals surface area contributed by atoms with Crippen molar-refractivity contribution < 1.29 is 0 Å². The van der Waals surface area contributed by atoms with Crippen LogP contribution in [0, 0.1) is 0 Å². The van der Waals surface area contributed by atoms with Gasteiger partial charge >= 0.3 is 0 Å². The van der Waals surface area contributed by atoms with E-state index in [1.807, 2.05) is 0 Å². The van der Waals surface area contributed by atoms with Gasteiger partial charge in [0.05, 0.1) is 0 Å². The summed E-state index contributed by atoms with van der Waals surface area (Å²) >= 11 is 0. The molecular weight excluding hydrogens is 158 g/mol. The van der Waals surface area contributed by atoms with E-state index in [0.29, 0.717) is 6.04 Å². The minimum Gasteiger partial charge on any atom is -0.292 e. The third-order valence-corrected chi connectivity index (χ3v) is 2.56. The van der Waals surface area contributed by atoms with E-state index in [0.717, 1.165) is 13.0 Å². The van der Waals surface area contributed by atoms with Crippen LogP contribution in [0.2, 0.25) is 0 Å². The molecular formula is C12H21N. The highest BCUT2D eigenvalue weighted by Gasteiger charge is 2.25. The molecule has 0 bridgehead atoms. The molecule has 0 N–H and O–H groups in total. The summed E-state index contributed by atoms with van der Waals surface area (Å²) in [4.78, 5) is 2.53. The molecule has 1 unspecified atom stereocenters. The maximum atomic E-state index is 2.53. The Labute approximate surface area is 82.1 Å². The normalized spacial score (nSPS) is 22.7. The molecule has 0 fully saturated rings. The van der Waals surface area contributed by atoms with E-state index in [2.05, 4.69) is 56.9 Å². The second kappa shape index (κ2) is 4.10. The molecule has 13 heavy (non-hydrogen) atoms. The van der Waals surface area contributed by atoms with E-state index in [-0.39, 0.29) is 5.54 Å². The van der Waals surface area contributed by atoms with Gasteiger partial charge in [0, 0.05) is 11.6 Å². The van der Waals surface area contributed by atoms with Crippen molar-refractivity contribution in [1.29, 1.82) is 0 Å². The smallest absolute Gasteiger partial charge is 0.0320 e. The first-order valence-corrected chi connectivity index (χ1v) is 5.15. The zero-order valence-corrected chi connectivity index (χ0v) is 9.25. The molecule has 0 saturated heterocycles. The van der Waals surface area contributed by atoms with Crippen LogP contribution in [0.3, 0.4) is 0 Å². The Morgan fingerprint density at radius 2 is 2.00 bits per heavy atom. The summed E-state index contributed by atoms with van der Waals surface area (Å²) in [5.41, 5.74) is 0.273. The fourth-order valence-corrected chi connectivity index (χ4v) is 2.00. The SMILES string of the molecule is CCN(C1C=CC=CC1)C(C)(C)C. The molecule has 0 spiro atoms. The predicted octanol–water partition coefficient (Wildman–Crippen LogP) is 2.99. The van der Waals surface area contributed by atoms with Crippen LogP contribution in [0.5, 0.6) is 0 Å². The lowest BCUT2D eigenvalue weighted by atomic mass is 9.99. The topological polar surface area (TPSA) is 3.24 Å². The molecule has 0 aromatic rings. The van der Waals surface area contributed by atoms with Gasteiger partial charge in [0.15, 0.2) is 0 Å². The van der Waals surface area contributed by atoms with Gasteiger partial charge in [0.1, 0.15) is 0 Å². The second-order valence-electron chi connectivity index (χ2n) is 4.57. The summed E-state index contributed by atoms with van der Waals surface area (Å²) in [5, 5.41) is 0. The Kier molecular flexibility index (Phi) is 3.32. The van der Waals surface area contributed by atoms with Crippen molar-refractivity contribution in [3.8, 4) is 0 Å². The number of hydrogen-bond acceptors (Lipinski definition) is 1. The first-order chi connectivity index (χ1) is 6.05. The monoisotopic (exact) mass is 179 g/mol. The van der Waals surface area contributed by atoms with Crippen molar-refractivity contribution >= 4 is 0 Å². The number of hydrogen-bond donors (Lipinski definition) is 0. The Balaban J connectivity index is 2.67. The molecule has 1 aliphatic carbocycles. The lowest BCUT2D eigenvalue weighted by molar-refractivity contribution is 0.112. The maximum absolute atomic E-state index is 2.53. The van der Waals surface area contributed by atoms with Crippen LogP contribution >= 0.6 is 0 Å². The lowest BCUT2D eigenvalue weighted by Gasteiger charge is -2.40. The van der Waals surface area contributed by atoms with Gasteiger partial charge in [-0.1, -0.05) is 31.2 Å². The van der Waals surface area contributed by atoms with E-state index in [1.54, 1.807) is 0 Å². The van der Waals surface area contributed by atoms with Crippen LogP contribution in [0.4, 0.5) is 0 Å². The Morgan fingerprint density at radius 1 is 1.31 bits per heavy atom. The molecule has 1 heteroatoms. The average molecular weight is 179 g/mol. The first-order valence-electron chi connectivity index (χ1n) is 5.15. The Morgan fingerprint density at radius 3 is 2.38 bits per heavy atom. The quantitative estimate of drug-likeness (QED) is 0.630.